The zero-order valence-electron chi connectivity index (χ0n) is 12.8. The minimum absolute atomic E-state index is 0.0386. The van der Waals surface area contributed by atoms with Crippen LogP contribution in [-0.4, -0.2) is 18.1 Å². The molecule has 0 atom stereocenters. The minimum Gasteiger partial charge on any atom is -0.369 e. The molecule has 1 aromatic carbocycles. The lowest BCUT2D eigenvalue weighted by Crippen LogP contribution is -2.18. The molecule has 112 valence electrons. The third-order valence-electron chi connectivity index (χ3n) is 3.84. The first-order valence-corrected chi connectivity index (χ1v) is 8.34. The van der Waals surface area contributed by atoms with Gasteiger partial charge in [0.25, 0.3) is 0 Å². The molecule has 1 fully saturated rings. The number of hydrogen-bond donors (Lipinski definition) is 0. The van der Waals surface area contributed by atoms with Crippen LogP contribution in [0.2, 0.25) is 0 Å². The van der Waals surface area contributed by atoms with Gasteiger partial charge in [0, 0.05) is 29.4 Å². The van der Waals surface area contributed by atoms with E-state index in [9.17, 15) is 4.39 Å². The van der Waals surface area contributed by atoms with Crippen molar-refractivity contribution in [2.24, 2.45) is 0 Å². The Hall–Kier alpha value is -1.42. The predicted octanol–water partition coefficient (Wildman–Crippen LogP) is 4.85. The van der Waals surface area contributed by atoms with Crippen molar-refractivity contribution in [3.63, 3.8) is 0 Å². The third kappa shape index (κ3) is 2.95. The molecule has 0 unspecified atom stereocenters. The number of nitrogens with zero attached hydrogens (tertiary/aromatic N) is 2. The highest BCUT2D eigenvalue weighted by Gasteiger charge is 2.20. The van der Waals surface area contributed by atoms with Gasteiger partial charge >= 0.3 is 0 Å². The van der Waals surface area contributed by atoms with Gasteiger partial charge in [-0.3, -0.25) is 0 Å². The van der Waals surface area contributed by atoms with Gasteiger partial charge in [0.15, 0.2) is 0 Å². The second-order valence-corrected chi connectivity index (χ2v) is 7.51. The highest BCUT2D eigenvalue weighted by Crippen LogP contribution is 2.32. The molecule has 0 radical (unpaired) electrons. The fourth-order valence-corrected chi connectivity index (χ4v) is 3.55. The van der Waals surface area contributed by atoms with Crippen molar-refractivity contribution in [2.75, 3.05) is 18.0 Å². The lowest BCUT2D eigenvalue weighted by molar-refractivity contribution is 0.586. The van der Waals surface area contributed by atoms with Crippen LogP contribution in [0.3, 0.4) is 0 Å². The maximum atomic E-state index is 14.4. The van der Waals surface area contributed by atoms with Crippen LogP contribution >= 0.6 is 11.3 Å². The summed E-state index contributed by atoms with van der Waals surface area (Å²) >= 11 is 1.64. The quantitative estimate of drug-likeness (QED) is 0.788. The number of halogens is 1. The molecule has 1 aliphatic rings. The van der Waals surface area contributed by atoms with E-state index < -0.39 is 0 Å². The van der Waals surface area contributed by atoms with E-state index in [0.29, 0.717) is 0 Å². The zero-order chi connectivity index (χ0) is 15.0. The van der Waals surface area contributed by atoms with Crippen molar-refractivity contribution in [1.29, 1.82) is 0 Å². The van der Waals surface area contributed by atoms with Gasteiger partial charge < -0.3 is 4.90 Å². The Morgan fingerprint density at radius 3 is 2.48 bits per heavy atom. The minimum atomic E-state index is -0.139. The predicted molar refractivity (Wildman–Crippen MR) is 87.7 cm³/mol. The van der Waals surface area contributed by atoms with Gasteiger partial charge in [-0.25, -0.2) is 9.37 Å². The smallest absolute Gasteiger partial charge is 0.147 e. The van der Waals surface area contributed by atoms with Crippen molar-refractivity contribution in [1.82, 2.24) is 4.98 Å². The lowest BCUT2D eigenvalue weighted by Gasteiger charge is -2.18. The molecule has 0 spiro atoms. The Bertz CT molecular complexity index is 636. The number of anilines is 1. The molecule has 4 heteroatoms. The molecule has 1 aliphatic heterocycles. The monoisotopic (exact) mass is 304 g/mol. The summed E-state index contributed by atoms with van der Waals surface area (Å²) in [5.74, 6) is -0.139. The second kappa shape index (κ2) is 5.41. The Morgan fingerprint density at radius 2 is 1.90 bits per heavy atom. The molecule has 0 saturated carbocycles. The summed E-state index contributed by atoms with van der Waals surface area (Å²) in [5.41, 5.74) is 2.50. The zero-order valence-corrected chi connectivity index (χ0v) is 13.6. The van der Waals surface area contributed by atoms with Crippen molar-refractivity contribution in [3.05, 3.63) is 34.4 Å². The van der Waals surface area contributed by atoms with E-state index >= 15 is 0 Å². The Balaban J connectivity index is 1.89. The van der Waals surface area contributed by atoms with E-state index in [2.05, 4.69) is 30.7 Å². The Labute approximate surface area is 129 Å². The van der Waals surface area contributed by atoms with Crippen LogP contribution in [0, 0.1) is 5.82 Å². The first-order valence-electron chi connectivity index (χ1n) is 7.46. The van der Waals surface area contributed by atoms with E-state index in [-0.39, 0.29) is 11.2 Å². The summed E-state index contributed by atoms with van der Waals surface area (Å²) < 4.78 is 14.4. The maximum absolute atomic E-state index is 14.4. The van der Waals surface area contributed by atoms with Gasteiger partial charge in [-0.15, -0.1) is 11.3 Å². The standard InChI is InChI=1S/C17H21FN2S/c1-17(2,3)16-19-14(11-21-16)12-6-7-15(13(18)10-12)20-8-4-5-9-20/h6-7,10-11H,4-5,8-9H2,1-3H3. The summed E-state index contributed by atoms with van der Waals surface area (Å²) in [5, 5.41) is 3.10. The van der Waals surface area contributed by atoms with Crippen LogP contribution in [0.4, 0.5) is 10.1 Å². The Kier molecular flexibility index (Phi) is 3.74. The summed E-state index contributed by atoms with van der Waals surface area (Å²) in [6.45, 7) is 8.36. The summed E-state index contributed by atoms with van der Waals surface area (Å²) in [6.07, 6.45) is 2.31. The van der Waals surface area contributed by atoms with Crippen molar-refractivity contribution >= 4 is 17.0 Å². The van der Waals surface area contributed by atoms with Crippen LogP contribution in [0.15, 0.2) is 23.6 Å². The van der Waals surface area contributed by atoms with Gasteiger partial charge in [-0.1, -0.05) is 26.8 Å². The lowest BCUT2D eigenvalue weighted by atomic mass is 9.98. The highest BCUT2D eigenvalue weighted by molar-refractivity contribution is 7.10. The average Bonchev–Trinajstić information content (AvgIpc) is 3.09. The summed E-state index contributed by atoms with van der Waals surface area (Å²) in [7, 11) is 0. The first kappa shape index (κ1) is 14.5. The van der Waals surface area contributed by atoms with E-state index in [1.165, 1.54) is 0 Å². The highest BCUT2D eigenvalue weighted by atomic mass is 32.1. The van der Waals surface area contributed by atoms with Gasteiger partial charge in [-0.05, 0) is 25.0 Å². The molecule has 1 saturated heterocycles. The summed E-state index contributed by atoms with van der Waals surface area (Å²) in [4.78, 5) is 6.78. The average molecular weight is 304 g/mol. The largest absolute Gasteiger partial charge is 0.369 e. The molecule has 0 aliphatic carbocycles. The van der Waals surface area contributed by atoms with Crippen LogP contribution in [-0.2, 0) is 5.41 Å². The normalized spacial score (nSPS) is 15.7. The number of thiazole rings is 1. The molecule has 2 aromatic rings. The van der Waals surface area contributed by atoms with Crippen LogP contribution in [0.1, 0.15) is 38.6 Å². The van der Waals surface area contributed by atoms with Crippen molar-refractivity contribution < 1.29 is 4.39 Å². The van der Waals surface area contributed by atoms with Gasteiger partial charge in [0.2, 0.25) is 0 Å². The molecule has 0 bridgehead atoms. The molecule has 0 amide bonds. The van der Waals surface area contributed by atoms with Gasteiger partial charge in [0.1, 0.15) is 5.82 Å². The first-order chi connectivity index (χ1) is 9.95. The van der Waals surface area contributed by atoms with Gasteiger partial charge in [-0.2, -0.15) is 0 Å². The van der Waals surface area contributed by atoms with E-state index in [4.69, 9.17) is 0 Å². The van der Waals surface area contributed by atoms with Gasteiger partial charge in [0.05, 0.1) is 16.4 Å². The molecule has 1 aromatic heterocycles. The molecule has 2 heterocycles. The maximum Gasteiger partial charge on any atom is 0.147 e. The second-order valence-electron chi connectivity index (χ2n) is 6.65. The number of hydrogen-bond acceptors (Lipinski definition) is 3. The molecule has 0 N–H and O–H groups in total. The Morgan fingerprint density at radius 1 is 1.19 bits per heavy atom. The summed E-state index contributed by atoms with van der Waals surface area (Å²) in [6, 6.07) is 5.50. The van der Waals surface area contributed by atoms with E-state index in [0.717, 1.165) is 47.9 Å². The fourth-order valence-electron chi connectivity index (χ4n) is 2.63. The number of aromatic nitrogens is 1. The number of benzene rings is 1. The van der Waals surface area contributed by atoms with Crippen molar-refractivity contribution in [3.8, 4) is 11.3 Å². The molecular formula is C17H21FN2S. The van der Waals surface area contributed by atoms with E-state index in [1.807, 2.05) is 17.5 Å². The van der Waals surface area contributed by atoms with Crippen LogP contribution in [0.5, 0.6) is 0 Å². The third-order valence-corrected chi connectivity index (χ3v) is 5.10. The molecule has 3 rings (SSSR count). The molecular weight excluding hydrogens is 283 g/mol. The van der Waals surface area contributed by atoms with E-state index in [1.54, 1.807) is 17.4 Å². The topological polar surface area (TPSA) is 16.1 Å². The van der Waals surface area contributed by atoms with Crippen LogP contribution in [0.25, 0.3) is 11.3 Å². The molecule has 2 nitrogen and oxygen atoms in total. The van der Waals surface area contributed by atoms with Crippen LogP contribution < -0.4 is 4.90 Å². The SMILES string of the molecule is CC(C)(C)c1nc(-c2ccc(N3CCCC3)c(F)c2)cs1. The van der Waals surface area contributed by atoms with Crippen molar-refractivity contribution in [2.45, 2.75) is 39.0 Å². The fraction of sp³-hybridized carbons (Fsp3) is 0.471. The molecule has 21 heavy (non-hydrogen) atoms. The number of rotatable bonds is 2.